The molecule has 2 unspecified atom stereocenters. The summed E-state index contributed by atoms with van der Waals surface area (Å²) in [5.41, 5.74) is 7.40. The van der Waals surface area contributed by atoms with Gasteiger partial charge in [0.2, 0.25) is 0 Å². The van der Waals surface area contributed by atoms with Crippen LogP contribution in [0.2, 0.25) is 10.0 Å². The van der Waals surface area contributed by atoms with Crippen LogP contribution in [-0.2, 0) is 6.42 Å². The Hall–Kier alpha value is -0.320. The Morgan fingerprint density at radius 3 is 2.32 bits per heavy atom. The van der Waals surface area contributed by atoms with Crippen LogP contribution in [0.3, 0.4) is 0 Å². The number of nitrogens with two attached hydrogens (primary N) is 1. The zero-order valence-electron chi connectivity index (χ0n) is 10.9. The van der Waals surface area contributed by atoms with E-state index in [4.69, 9.17) is 28.9 Å². The lowest BCUT2D eigenvalue weighted by atomic mass is 9.95. The minimum absolute atomic E-state index is 0.0838. The van der Waals surface area contributed by atoms with Gasteiger partial charge >= 0.3 is 0 Å². The van der Waals surface area contributed by atoms with Crippen molar-refractivity contribution in [2.45, 2.75) is 18.5 Å². The Bertz CT molecular complexity index is 438. The van der Waals surface area contributed by atoms with Crippen LogP contribution in [0.25, 0.3) is 0 Å². The molecule has 5 heteroatoms. The lowest BCUT2D eigenvalue weighted by Gasteiger charge is -2.49. The smallest absolute Gasteiger partial charge is 0.0453 e. The van der Waals surface area contributed by atoms with E-state index in [9.17, 15) is 0 Å². The minimum atomic E-state index is 0.0838. The number of rotatable bonds is 3. The number of benzene rings is 1. The summed E-state index contributed by atoms with van der Waals surface area (Å²) < 4.78 is 0. The lowest BCUT2D eigenvalue weighted by Crippen LogP contribution is -2.66. The number of fused-ring (bicyclic) bond motifs is 3. The van der Waals surface area contributed by atoms with Crippen LogP contribution in [0, 0.1) is 0 Å². The predicted octanol–water partition coefficient (Wildman–Crippen LogP) is 1.86. The first kappa shape index (κ1) is 13.7. The molecule has 1 aromatic carbocycles. The second-order valence-electron chi connectivity index (χ2n) is 5.47. The third-order valence-electron chi connectivity index (χ3n) is 4.32. The van der Waals surface area contributed by atoms with E-state index in [2.05, 4.69) is 9.80 Å². The number of nitrogens with zero attached hydrogens (tertiary/aromatic N) is 2. The standard InChI is InChI=1S/C14H19Cl2N3/c15-11-2-1-3-12(16)10(11)8-13(17)14-9-18-4-6-19(14)7-5-18/h1-3,13-14H,4-9,17H2. The molecule has 1 aromatic rings. The van der Waals surface area contributed by atoms with Gasteiger partial charge < -0.3 is 5.73 Å². The molecule has 2 atom stereocenters. The molecule has 4 rings (SSSR count). The molecule has 104 valence electrons. The van der Waals surface area contributed by atoms with Gasteiger partial charge in [-0.15, -0.1) is 0 Å². The molecule has 3 saturated heterocycles. The van der Waals surface area contributed by atoms with Crippen LogP contribution in [-0.4, -0.2) is 54.6 Å². The molecule has 0 amide bonds. The van der Waals surface area contributed by atoms with Crippen LogP contribution in [0.5, 0.6) is 0 Å². The molecule has 3 nitrogen and oxygen atoms in total. The third-order valence-corrected chi connectivity index (χ3v) is 5.03. The van der Waals surface area contributed by atoms with Crippen LogP contribution >= 0.6 is 23.2 Å². The SMILES string of the molecule is NC(Cc1c(Cl)cccc1Cl)C1CN2CCN1CC2. The molecule has 2 N–H and O–H groups in total. The Morgan fingerprint density at radius 1 is 1.16 bits per heavy atom. The highest BCUT2D eigenvalue weighted by Gasteiger charge is 2.35. The zero-order valence-corrected chi connectivity index (χ0v) is 12.4. The van der Waals surface area contributed by atoms with Gasteiger partial charge in [0.25, 0.3) is 0 Å². The van der Waals surface area contributed by atoms with Crippen molar-refractivity contribution in [1.82, 2.24) is 9.80 Å². The van der Waals surface area contributed by atoms with Gasteiger partial charge in [-0.1, -0.05) is 29.3 Å². The van der Waals surface area contributed by atoms with Gasteiger partial charge in [0.1, 0.15) is 0 Å². The fourth-order valence-electron chi connectivity index (χ4n) is 3.16. The first-order valence-electron chi connectivity index (χ1n) is 6.80. The average Bonchev–Trinajstić information content (AvgIpc) is 2.44. The van der Waals surface area contributed by atoms with Gasteiger partial charge in [-0.3, -0.25) is 9.80 Å². The number of hydrogen-bond donors (Lipinski definition) is 1. The van der Waals surface area contributed by atoms with E-state index in [0.29, 0.717) is 6.04 Å². The van der Waals surface area contributed by atoms with E-state index in [-0.39, 0.29) is 6.04 Å². The van der Waals surface area contributed by atoms with Crippen LogP contribution in [0.15, 0.2) is 18.2 Å². The van der Waals surface area contributed by atoms with Crippen molar-refractivity contribution in [2.24, 2.45) is 5.73 Å². The van der Waals surface area contributed by atoms with Gasteiger partial charge in [-0.2, -0.15) is 0 Å². The highest BCUT2D eigenvalue weighted by molar-refractivity contribution is 6.36. The van der Waals surface area contributed by atoms with Gasteiger partial charge in [-0.05, 0) is 24.1 Å². The molecule has 0 saturated carbocycles. The first-order chi connectivity index (χ1) is 9.15. The molecule has 0 aliphatic carbocycles. The van der Waals surface area contributed by atoms with Gasteiger partial charge in [0.15, 0.2) is 0 Å². The van der Waals surface area contributed by atoms with E-state index < -0.39 is 0 Å². The van der Waals surface area contributed by atoms with E-state index in [1.807, 2.05) is 18.2 Å². The summed E-state index contributed by atoms with van der Waals surface area (Å²) in [4.78, 5) is 5.01. The van der Waals surface area contributed by atoms with Crippen molar-refractivity contribution in [2.75, 3.05) is 32.7 Å². The van der Waals surface area contributed by atoms with E-state index >= 15 is 0 Å². The second-order valence-corrected chi connectivity index (χ2v) is 6.29. The summed E-state index contributed by atoms with van der Waals surface area (Å²) in [6, 6.07) is 6.14. The maximum Gasteiger partial charge on any atom is 0.0453 e. The number of halogens is 2. The van der Waals surface area contributed by atoms with Crippen molar-refractivity contribution in [3.63, 3.8) is 0 Å². The molecular formula is C14H19Cl2N3. The van der Waals surface area contributed by atoms with Crippen molar-refractivity contribution in [3.05, 3.63) is 33.8 Å². The molecule has 0 aromatic heterocycles. The van der Waals surface area contributed by atoms with Gasteiger partial charge in [-0.25, -0.2) is 0 Å². The maximum atomic E-state index is 6.42. The largest absolute Gasteiger partial charge is 0.326 e. The quantitative estimate of drug-likeness (QED) is 0.925. The number of piperazine rings is 3. The maximum absolute atomic E-state index is 6.42. The summed E-state index contributed by atoms with van der Waals surface area (Å²) in [5.74, 6) is 0. The third kappa shape index (κ3) is 2.76. The fourth-order valence-corrected chi connectivity index (χ4v) is 3.71. The van der Waals surface area contributed by atoms with Crippen LogP contribution in [0.4, 0.5) is 0 Å². The first-order valence-corrected chi connectivity index (χ1v) is 7.55. The highest BCUT2D eigenvalue weighted by Crippen LogP contribution is 2.27. The Morgan fingerprint density at radius 2 is 1.79 bits per heavy atom. The molecule has 3 aliphatic rings. The average molecular weight is 300 g/mol. The summed E-state index contributed by atoms with van der Waals surface area (Å²) >= 11 is 12.5. The molecule has 3 aliphatic heterocycles. The van der Waals surface area contributed by atoms with Gasteiger partial charge in [0.05, 0.1) is 0 Å². The van der Waals surface area contributed by atoms with E-state index in [1.165, 1.54) is 13.1 Å². The molecule has 0 radical (unpaired) electrons. The van der Waals surface area contributed by atoms with Crippen molar-refractivity contribution in [1.29, 1.82) is 0 Å². The monoisotopic (exact) mass is 299 g/mol. The topological polar surface area (TPSA) is 32.5 Å². The van der Waals surface area contributed by atoms with E-state index in [1.54, 1.807) is 0 Å². The molecule has 19 heavy (non-hydrogen) atoms. The summed E-state index contributed by atoms with van der Waals surface area (Å²) in [5, 5.41) is 1.44. The lowest BCUT2D eigenvalue weighted by molar-refractivity contribution is 0.00259. The zero-order chi connectivity index (χ0) is 13.4. The summed E-state index contributed by atoms with van der Waals surface area (Å²) in [6.45, 7) is 5.69. The fraction of sp³-hybridized carbons (Fsp3) is 0.571. The van der Waals surface area contributed by atoms with Crippen molar-refractivity contribution < 1.29 is 0 Å². The second kappa shape index (κ2) is 5.58. The molecule has 3 heterocycles. The van der Waals surface area contributed by atoms with E-state index in [0.717, 1.165) is 41.7 Å². The molecule has 3 fully saturated rings. The minimum Gasteiger partial charge on any atom is -0.326 e. The van der Waals surface area contributed by atoms with Gasteiger partial charge in [0, 0.05) is 54.9 Å². The summed E-state index contributed by atoms with van der Waals surface area (Å²) in [7, 11) is 0. The normalized spacial score (nSPS) is 31.4. The summed E-state index contributed by atoms with van der Waals surface area (Å²) in [6.07, 6.45) is 0.744. The van der Waals surface area contributed by atoms with Crippen molar-refractivity contribution >= 4 is 23.2 Å². The molecule has 2 bridgehead atoms. The van der Waals surface area contributed by atoms with Crippen LogP contribution in [0.1, 0.15) is 5.56 Å². The van der Waals surface area contributed by atoms with Crippen molar-refractivity contribution in [3.8, 4) is 0 Å². The van der Waals surface area contributed by atoms with Crippen LogP contribution < -0.4 is 5.73 Å². The molecular weight excluding hydrogens is 281 g/mol. The Labute approximate surface area is 124 Å². The highest BCUT2D eigenvalue weighted by atomic mass is 35.5. The number of hydrogen-bond acceptors (Lipinski definition) is 3. The Kier molecular flexibility index (Phi) is 4.01. The Balaban J connectivity index is 1.73. The molecule has 0 spiro atoms. The predicted molar refractivity (Wildman–Crippen MR) is 79.9 cm³/mol.